The lowest BCUT2D eigenvalue weighted by Crippen LogP contribution is -2.60. The molecule has 1 aromatic heterocycles. The second-order valence-corrected chi connectivity index (χ2v) is 9.63. The van der Waals surface area contributed by atoms with E-state index in [2.05, 4.69) is 32.6 Å². The van der Waals surface area contributed by atoms with Crippen molar-refractivity contribution < 1.29 is 19.0 Å². The number of aromatic amines is 1. The normalized spacial score (nSPS) is 14.2. The van der Waals surface area contributed by atoms with E-state index in [0.717, 1.165) is 0 Å². The number of nitrogens with one attached hydrogen (secondary N) is 1. The Morgan fingerprint density at radius 2 is 2.09 bits per heavy atom. The summed E-state index contributed by atoms with van der Waals surface area (Å²) in [4.78, 5) is 42.5. The molecule has 8 nitrogen and oxygen atoms in total. The number of aromatic nitrogens is 3. The van der Waals surface area contributed by atoms with Crippen molar-refractivity contribution in [2.45, 2.75) is 25.2 Å². The molecule has 2 heterocycles. The van der Waals surface area contributed by atoms with Crippen molar-refractivity contribution in [3.63, 3.8) is 0 Å². The zero-order chi connectivity index (χ0) is 24.6. The number of halogens is 2. The van der Waals surface area contributed by atoms with Crippen molar-refractivity contribution in [3.05, 3.63) is 74.5 Å². The highest BCUT2D eigenvalue weighted by molar-refractivity contribution is 9.10. The maximum atomic E-state index is 13.3. The summed E-state index contributed by atoms with van der Waals surface area (Å²) in [5.74, 6) is -0.168. The number of amides is 1. The lowest BCUT2D eigenvalue weighted by Gasteiger charge is -2.32. The smallest absolute Gasteiger partial charge is 0.325 e. The number of fused-ring (bicyclic) bond motifs is 3. The number of carbonyl (C=O) groups excluding carboxylic acids is 2. The Bertz CT molecular complexity index is 1390. The summed E-state index contributed by atoms with van der Waals surface area (Å²) in [6, 6.07) is 10.2. The molecular formula is C23H19BrClN4O4S+. The topological polar surface area (TPSA) is 96.2 Å². The van der Waals surface area contributed by atoms with E-state index in [4.69, 9.17) is 16.3 Å². The molecule has 1 aliphatic rings. The third-order valence-corrected chi connectivity index (χ3v) is 6.66. The minimum atomic E-state index is -0.961. The molecule has 0 aliphatic carbocycles. The fraction of sp³-hybridized carbons (Fsp3) is 0.174. The molecule has 0 saturated heterocycles. The first-order valence-corrected chi connectivity index (χ1v) is 12.2. The van der Waals surface area contributed by atoms with E-state index in [0.29, 0.717) is 37.2 Å². The van der Waals surface area contributed by atoms with Gasteiger partial charge in [0.15, 0.2) is 5.75 Å². The van der Waals surface area contributed by atoms with Crippen LogP contribution in [0.4, 0.5) is 5.69 Å². The number of anilines is 1. The van der Waals surface area contributed by atoms with E-state index in [1.165, 1.54) is 35.2 Å². The van der Waals surface area contributed by atoms with Crippen LogP contribution in [0.15, 0.2) is 63.5 Å². The molecule has 4 rings (SSSR count). The molecule has 0 radical (unpaired) electrons. The van der Waals surface area contributed by atoms with Crippen LogP contribution in [0.25, 0.3) is 11.3 Å². The van der Waals surface area contributed by atoms with Crippen LogP contribution in [0.1, 0.15) is 25.6 Å². The van der Waals surface area contributed by atoms with Crippen LogP contribution >= 0.6 is 39.3 Å². The molecule has 3 aromatic rings. The molecule has 1 N–H and O–H groups in total. The van der Waals surface area contributed by atoms with E-state index < -0.39 is 12.1 Å². The first-order chi connectivity index (χ1) is 16.2. The molecule has 11 heteroatoms. The van der Waals surface area contributed by atoms with Crippen LogP contribution in [0.5, 0.6) is 5.75 Å². The van der Waals surface area contributed by atoms with E-state index in [-0.39, 0.29) is 22.9 Å². The summed E-state index contributed by atoms with van der Waals surface area (Å²) in [6.45, 7) is 6.40. The molecule has 0 unspecified atom stereocenters. The van der Waals surface area contributed by atoms with Gasteiger partial charge in [-0.1, -0.05) is 41.6 Å². The fourth-order valence-corrected chi connectivity index (χ4v) is 5.32. The van der Waals surface area contributed by atoms with Gasteiger partial charge in [0, 0.05) is 29.7 Å². The molecule has 1 aliphatic heterocycles. The zero-order valence-electron chi connectivity index (χ0n) is 18.2. The van der Waals surface area contributed by atoms with Crippen LogP contribution in [0.3, 0.4) is 0 Å². The largest absolute Gasteiger partial charge is 0.425 e. The van der Waals surface area contributed by atoms with Gasteiger partial charge in [-0.15, -0.1) is 6.58 Å². The van der Waals surface area contributed by atoms with Gasteiger partial charge in [-0.2, -0.15) is 0 Å². The lowest BCUT2D eigenvalue weighted by molar-refractivity contribution is -0.763. The minimum Gasteiger partial charge on any atom is -0.425 e. The van der Waals surface area contributed by atoms with Gasteiger partial charge in [-0.3, -0.25) is 19.4 Å². The molecule has 1 amide bonds. The number of ether oxygens (including phenoxy) is 1. The number of carbonyl (C=O) groups is 2. The highest BCUT2D eigenvalue weighted by atomic mass is 79.9. The molecule has 174 valence electrons. The van der Waals surface area contributed by atoms with Gasteiger partial charge >= 0.3 is 17.2 Å². The van der Waals surface area contributed by atoms with Crippen molar-refractivity contribution in [1.82, 2.24) is 10.1 Å². The Morgan fingerprint density at radius 1 is 1.35 bits per heavy atom. The SMILES string of the molecule is C=CCSc1n[n+]2c(c(=O)[nH]1)-c1ccccc1N(C(C)=O)[C@H]2c1cc(Cl)cc(Br)c1OC(C)=O. The van der Waals surface area contributed by atoms with Crippen LogP contribution < -0.4 is 19.9 Å². The highest BCUT2D eigenvalue weighted by Gasteiger charge is 2.46. The Labute approximate surface area is 212 Å². The van der Waals surface area contributed by atoms with Crippen molar-refractivity contribution in [1.29, 1.82) is 0 Å². The molecule has 0 bridgehead atoms. The highest BCUT2D eigenvalue weighted by Crippen LogP contribution is 2.43. The van der Waals surface area contributed by atoms with Gasteiger partial charge in [0.25, 0.3) is 6.17 Å². The molecule has 0 fully saturated rings. The summed E-state index contributed by atoms with van der Waals surface area (Å²) in [5.41, 5.74) is 1.31. The second-order valence-electron chi connectivity index (χ2n) is 7.33. The summed E-state index contributed by atoms with van der Waals surface area (Å²) in [7, 11) is 0. The van der Waals surface area contributed by atoms with Gasteiger partial charge in [0.05, 0.1) is 21.3 Å². The van der Waals surface area contributed by atoms with Gasteiger partial charge < -0.3 is 4.74 Å². The van der Waals surface area contributed by atoms with Crippen LogP contribution in [-0.4, -0.2) is 27.7 Å². The van der Waals surface area contributed by atoms with E-state index in [1.807, 2.05) is 0 Å². The van der Waals surface area contributed by atoms with E-state index in [1.54, 1.807) is 42.5 Å². The predicted octanol–water partition coefficient (Wildman–Crippen LogP) is 4.26. The first-order valence-electron chi connectivity index (χ1n) is 10.1. The van der Waals surface area contributed by atoms with Crippen LogP contribution in [0, 0.1) is 0 Å². The lowest BCUT2D eigenvalue weighted by atomic mass is 10.0. The van der Waals surface area contributed by atoms with Gasteiger partial charge in [0.2, 0.25) is 11.1 Å². The Morgan fingerprint density at radius 3 is 2.76 bits per heavy atom. The zero-order valence-corrected chi connectivity index (χ0v) is 21.3. The van der Waals surface area contributed by atoms with E-state index in [9.17, 15) is 14.4 Å². The first kappa shape index (κ1) is 24.2. The number of thioether (sulfide) groups is 1. The van der Waals surface area contributed by atoms with Gasteiger partial charge in [0.1, 0.15) is 0 Å². The molecule has 0 saturated carbocycles. The Hall–Kier alpha value is -2.95. The number of nitrogens with zero attached hydrogens (tertiary/aromatic N) is 3. The maximum Gasteiger partial charge on any atom is 0.325 e. The number of esters is 1. The number of benzene rings is 2. The molecule has 0 spiro atoms. The second kappa shape index (κ2) is 9.73. The summed E-state index contributed by atoms with van der Waals surface area (Å²) < 4.78 is 7.40. The molecule has 34 heavy (non-hydrogen) atoms. The monoisotopic (exact) mass is 561 g/mol. The number of hydrogen-bond acceptors (Lipinski definition) is 6. The quantitative estimate of drug-likeness (QED) is 0.164. The number of H-pyrrole nitrogens is 1. The van der Waals surface area contributed by atoms with Crippen LogP contribution in [-0.2, 0) is 9.59 Å². The third-order valence-electron chi connectivity index (χ3n) is 5.00. The third kappa shape index (κ3) is 4.40. The van der Waals surface area contributed by atoms with Crippen molar-refractivity contribution in [2.75, 3.05) is 10.7 Å². The predicted molar refractivity (Wildman–Crippen MR) is 133 cm³/mol. The Kier molecular flexibility index (Phi) is 6.92. The average molecular weight is 563 g/mol. The fourth-order valence-electron chi connectivity index (χ4n) is 3.82. The number of hydrogen-bond donors (Lipinski definition) is 1. The van der Waals surface area contributed by atoms with Crippen molar-refractivity contribution >= 4 is 56.9 Å². The van der Waals surface area contributed by atoms with Gasteiger partial charge in [-0.05, 0) is 44.9 Å². The standard InChI is InChI=1S/C23H18BrClN4O4S/c1-4-9-34-23-26-21(32)19-15-7-5-6-8-18(15)28(12(2)30)22(29(19)27-23)16-10-14(25)11-17(24)20(16)33-13(3)31/h4-8,10-11,22H,1,9H2,2-3H3/p+1/t22-/m1/s1. The Balaban J connectivity index is 2.10. The van der Waals surface area contributed by atoms with Crippen molar-refractivity contribution in [2.24, 2.45) is 0 Å². The molecule has 1 atom stereocenters. The number of para-hydroxylation sites is 1. The molecule has 2 aromatic carbocycles. The summed E-state index contributed by atoms with van der Waals surface area (Å²) in [6.07, 6.45) is 0.730. The molecular weight excluding hydrogens is 544 g/mol. The van der Waals surface area contributed by atoms with Crippen molar-refractivity contribution in [3.8, 4) is 17.0 Å². The van der Waals surface area contributed by atoms with Crippen LogP contribution in [0.2, 0.25) is 5.02 Å². The number of rotatable bonds is 5. The van der Waals surface area contributed by atoms with E-state index >= 15 is 0 Å². The summed E-state index contributed by atoms with van der Waals surface area (Å²) >= 11 is 11.1. The minimum absolute atomic E-state index is 0.174. The average Bonchev–Trinajstić information content (AvgIpc) is 2.77. The maximum absolute atomic E-state index is 13.3. The van der Waals surface area contributed by atoms with Gasteiger partial charge in [-0.25, -0.2) is 4.90 Å². The summed E-state index contributed by atoms with van der Waals surface area (Å²) in [5, 5.41) is 5.35.